The maximum absolute atomic E-state index is 9.95. The minimum Gasteiger partial charge on any atom is -0.383 e. The van der Waals surface area contributed by atoms with Gasteiger partial charge in [0.2, 0.25) is 0 Å². The Kier molecular flexibility index (Phi) is 4.96. The van der Waals surface area contributed by atoms with Crippen molar-refractivity contribution in [1.29, 1.82) is 0 Å². The van der Waals surface area contributed by atoms with E-state index in [1.807, 2.05) is 66.7 Å². The van der Waals surface area contributed by atoms with E-state index in [9.17, 15) is 5.11 Å². The van der Waals surface area contributed by atoms with Crippen LogP contribution in [-0.4, -0.2) is 11.2 Å². The molecule has 0 radical (unpaired) electrons. The summed E-state index contributed by atoms with van der Waals surface area (Å²) in [5, 5.41) is 10.4. The minimum atomic E-state index is -0.790. The van der Waals surface area contributed by atoms with Crippen LogP contribution in [-0.2, 0) is 0 Å². The molecule has 1 atom stereocenters. The van der Waals surface area contributed by atoms with Gasteiger partial charge in [0, 0.05) is 0 Å². The van der Waals surface area contributed by atoms with Crippen LogP contribution in [0.25, 0.3) is 12.2 Å². The first kappa shape index (κ1) is 13.6. The third-order valence-corrected chi connectivity index (χ3v) is 2.99. The lowest BCUT2D eigenvalue weighted by molar-refractivity contribution is 0.269. The Bertz CT molecular complexity index is 558. The van der Waals surface area contributed by atoms with E-state index in [0.717, 1.165) is 11.1 Å². The normalized spacial score (nSPS) is 13.7. The van der Waals surface area contributed by atoms with Crippen LogP contribution in [0.2, 0.25) is 0 Å². The van der Waals surface area contributed by atoms with E-state index in [2.05, 4.69) is 0 Å². The third kappa shape index (κ3) is 4.40. The SMILES string of the molecule is OC(/C=C/c1ccccc1)/C(Cl)=C/c1ccccc1. The summed E-state index contributed by atoms with van der Waals surface area (Å²) in [6, 6.07) is 19.5. The van der Waals surface area contributed by atoms with Crippen LogP contribution in [0, 0.1) is 0 Å². The number of halogens is 1. The average Bonchev–Trinajstić information content (AvgIpc) is 2.47. The number of benzene rings is 2. The largest absolute Gasteiger partial charge is 0.383 e. The first-order valence-electron chi connectivity index (χ1n) is 6.09. The van der Waals surface area contributed by atoms with Crippen LogP contribution in [0.4, 0.5) is 0 Å². The highest BCUT2D eigenvalue weighted by Gasteiger charge is 2.03. The summed E-state index contributed by atoms with van der Waals surface area (Å²) in [7, 11) is 0. The molecule has 0 amide bonds. The monoisotopic (exact) mass is 270 g/mol. The topological polar surface area (TPSA) is 20.2 Å². The summed E-state index contributed by atoms with van der Waals surface area (Å²) >= 11 is 6.09. The zero-order chi connectivity index (χ0) is 13.5. The molecule has 0 heterocycles. The second-order valence-corrected chi connectivity index (χ2v) is 4.59. The zero-order valence-corrected chi connectivity index (χ0v) is 11.2. The molecule has 2 aromatic rings. The highest BCUT2D eigenvalue weighted by molar-refractivity contribution is 6.32. The van der Waals surface area contributed by atoms with E-state index in [-0.39, 0.29) is 0 Å². The van der Waals surface area contributed by atoms with Crippen LogP contribution in [0.1, 0.15) is 11.1 Å². The summed E-state index contributed by atoms with van der Waals surface area (Å²) < 4.78 is 0. The maximum Gasteiger partial charge on any atom is 0.108 e. The molecule has 0 bridgehead atoms. The van der Waals surface area contributed by atoms with Crippen LogP contribution in [0.5, 0.6) is 0 Å². The third-order valence-electron chi connectivity index (χ3n) is 2.66. The summed E-state index contributed by atoms with van der Waals surface area (Å²) in [4.78, 5) is 0. The molecule has 0 fully saturated rings. The predicted molar refractivity (Wildman–Crippen MR) is 81.8 cm³/mol. The lowest BCUT2D eigenvalue weighted by Gasteiger charge is -2.04. The van der Waals surface area contributed by atoms with Gasteiger partial charge in [0.1, 0.15) is 6.10 Å². The Morgan fingerprint density at radius 3 is 2.00 bits per heavy atom. The number of hydrogen-bond acceptors (Lipinski definition) is 1. The van der Waals surface area contributed by atoms with Crippen LogP contribution < -0.4 is 0 Å². The molecule has 0 saturated carbocycles. The molecule has 2 heteroatoms. The van der Waals surface area contributed by atoms with Gasteiger partial charge in [-0.3, -0.25) is 0 Å². The molecule has 0 saturated heterocycles. The Hall–Kier alpha value is -1.83. The van der Waals surface area contributed by atoms with Crippen molar-refractivity contribution in [1.82, 2.24) is 0 Å². The van der Waals surface area contributed by atoms with Gasteiger partial charge >= 0.3 is 0 Å². The van der Waals surface area contributed by atoms with E-state index in [4.69, 9.17) is 11.6 Å². The molecule has 2 aromatic carbocycles. The van der Waals surface area contributed by atoms with Crippen LogP contribution >= 0.6 is 11.6 Å². The molecule has 0 aliphatic carbocycles. The number of rotatable bonds is 4. The van der Waals surface area contributed by atoms with Gasteiger partial charge in [0.05, 0.1) is 5.03 Å². The number of hydrogen-bond donors (Lipinski definition) is 1. The smallest absolute Gasteiger partial charge is 0.108 e. The molecule has 0 aliphatic heterocycles. The van der Waals surface area contributed by atoms with Crippen molar-refractivity contribution in [2.24, 2.45) is 0 Å². The highest BCUT2D eigenvalue weighted by Crippen LogP contribution is 2.16. The van der Waals surface area contributed by atoms with Gasteiger partial charge in [0.25, 0.3) is 0 Å². The second kappa shape index (κ2) is 6.93. The van der Waals surface area contributed by atoms with E-state index in [1.54, 1.807) is 12.2 Å². The van der Waals surface area contributed by atoms with Crippen LogP contribution in [0.15, 0.2) is 71.8 Å². The fourth-order valence-electron chi connectivity index (χ4n) is 1.65. The molecule has 0 aromatic heterocycles. The van der Waals surface area contributed by atoms with Crippen molar-refractivity contribution in [3.63, 3.8) is 0 Å². The van der Waals surface area contributed by atoms with E-state index >= 15 is 0 Å². The van der Waals surface area contributed by atoms with Crippen molar-refractivity contribution >= 4 is 23.8 Å². The van der Waals surface area contributed by atoms with Gasteiger partial charge in [-0.15, -0.1) is 0 Å². The molecular weight excluding hydrogens is 256 g/mol. The Morgan fingerprint density at radius 1 is 0.895 bits per heavy atom. The molecule has 96 valence electrons. The van der Waals surface area contributed by atoms with Gasteiger partial charge in [-0.2, -0.15) is 0 Å². The maximum atomic E-state index is 9.95. The number of aliphatic hydroxyl groups is 1. The van der Waals surface area contributed by atoms with Crippen molar-refractivity contribution in [2.45, 2.75) is 6.10 Å². The second-order valence-electron chi connectivity index (χ2n) is 4.15. The average molecular weight is 271 g/mol. The standard InChI is InChI=1S/C17H15ClO/c18-16(13-15-9-5-2-6-10-15)17(19)12-11-14-7-3-1-4-8-14/h1-13,17,19H/b12-11+,16-13-. The summed E-state index contributed by atoms with van der Waals surface area (Å²) in [5.41, 5.74) is 2.00. The molecule has 2 rings (SSSR count). The van der Waals surface area contributed by atoms with E-state index in [0.29, 0.717) is 5.03 Å². The van der Waals surface area contributed by atoms with Gasteiger partial charge in [-0.1, -0.05) is 84.4 Å². The summed E-state index contributed by atoms with van der Waals surface area (Å²) in [5.74, 6) is 0. The zero-order valence-electron chi connectivity index (χ0n) is 10.4. The molecule has 0 spiro atoms. The quantitative estimate of drug-likeness (QED) is 0.876. The Balaban J connectivity index is 2.06. The lowest BCUT2D eigenvalue weighted by atomic mass is 10.1. The van der Waals surface area contributed by atoms with Crippen molar-refractivity contribution in [3.05, 3.63) is 82.9 Å². The minimum absolute atomic E-state index is 0.401. The molecule has 1 nitrogen and oxygen atoms in total. The lowest BCUT2D eigenvalue weighted by Crippen LogP contribution is -2.01. The van der Waals surface area contributed by atoms with Crippen molar-refractivity contribution in [2.75, 3.05) is 0 Å². The first-order valence-corrected chi connectivity index (χ1v) is 6.47. The molecule has 1 unspecified atom stereocenters. The number of aliphatic hydroxyl groups excluding tert-OH is 1. The molecule has 0 aliphatic rings. The van der Waals surface area contributed by atoms with E-state index in [1.165, 1.54) is 0 Å². The van der Waals surface area contributed by atoms with Gasteiger partial charge in [0.15, 0.2) is 0 Å². The van der Waals surface area contributed by atoms with Gasteiger partial charge in [-0.05, 0) is 17.2 Å². The fraction of sp³-hybridized carbons (Fsp3) is 0.0588. The van der Waals surface area contributed by atoms with Crippen LogP contribution in [0.3, 0.4) is 0 Å². The predicted octanol–water partition coefficient (Wildman–Crippen LogP) is 4.34. The summed E-state index contributed by atoms with van der Waals surface area (Å²) in [6.45, 7) is 0. The highest BCUT2D eigenvalue weighted by atomic mass is 35.5. The first-order chi connectivity index (χ1) is 9.25. The van der Waals surface area contributed by atoms with E-state index < -0.39 is 6.10 Å². The fourth-order valence-corrected chi connectivity index (χ4v) is 1.85. The van der Waals surface area contributed by atoms with Gasteiger partial charge < -0.3 is 5.11 Å². The van der Waals surface area contributed by atoms with Crippen molar-refractivity contribution < 1.29 is 5.11 Å². The Labute approximate surface area is 118 Å². The molecule has 19 heavy (non-hydrogen) atoms. The van der Waals surface area contributed by atoms with Crippen molar-refractivity contribution in [3.8, 4) is 0 Å². The summed E-state index contributed by atoms with van der Waals surface area (Å²) in [6.07, 6.45) is 4.51. The molecular formula is C17H15ClO. The molecule has 1 N–H and O–H groups in total. The Morgan fingerprint density at radius 2 is 1.42 bits per heavy atom. The van der Waals surface area contributed by atoms with Gasteiger partial charge in [-0.25, -0.2) is 0 Å².